The highest BCUT2D eigenvalue weighted by atomic mass is 16.5. The van der Waals surface area contributed by atoms with Crippen LogP contribution < -0.4 is 0 Å². The fraction of sp³-hybridized carbons (Fsp3) is 0.133. The molecule has 0 amide bonds. The quantitative estimate of drug-likeness (QED) is 0.474. The van der Waals surface area contributed by atoms with E-state index in [1.807, 2.05) is 48.6 Å². The minimum atomic E-state index is -0.964. The molecular formula is C15H16O3. The lowest BCUT2D eigenvalue weighted by Crippen LogP contribution is -1.99. The molecule has 0 spiro atoms. The molecule has 0 heterocycles. The lowest BCUT2D eigenvalue weighted by molar-refractivity contribution is -0.132. The highest BCUT2D eigenvalue weighted by molar-refractivity contribution is 5.86. The topological polar surface area (TPSA) is 46.5 Å². The number of benzene rings is 1. The molecule has 0 fully saturated rings. The van der Waals surface area contributed by atoms with Crippen LogP contribution in [0.3, 0.4) is 0 Å². The second-order valence-electron chi connectivity index (χ2n) is 3.59. The van der Waals surface area contributed by atoms with Gasteiger partial charge in [-0.2, -0.15) is 0 Å². The summed E-state index contributed by atoms with van der Waals surface area (Å²) < 4.78 is 4.70. The van der Waals surface area contributed by atoms with Crippen molar-refractivity contribution in [1.82, 2.24) is 0 Å². The molecule has 0 saturated carbocycles. The molecule has 0 atom stereocenters. The van der Waals surface area contributed by atoms with Crippen LogP contribution in [0.1, 0.15) is 12.0 Å². The number of ether oxygens (including phenoxy) is 1. The van der Waals surface area contributed by atoms with E-state index in [1.165, 1.54) is 13.4 Å². The van der Waals surface area contributed by atoms with Crippen LogP contribution in [0, 0.1) is 0 Å². The second kappa shape index (κ2) is 7.90. The van der Waals surface area contributed by atoms with E-state index < -0.39 is 5.97 Å². The van der Waals surface area contributed by atoms with Crippen molar-refractivity contribution >= 4 is 12.0 Å². The Morgan fingerprint density at radius 2 is 2.00 bits per heavy atom. The number of carboxylic acids is 1. The van der Waals surface area contributed by atoms with Gasteiger partial charge in [-0.05, 0) is 5.56 Å². The molecule has 1 aromatic carbocycles. The lowest BCUT2D eigenvalue weighted by atomic mass is 10.2. The van der Waals surface area contributed by atoms with Gasteiger partial charge in [0.2, 0.25) is 0 Å². The number of hydrogen-bond donors (Lipinski definition) is 1. The van der Waals surface area contributed by atoms with Gasteiger partial charge < -0.3 is 9.84 Å². The first-order valence-corrected chi connectivity index (χ1v) is 5.57. The molecular weight excluding hydrogens is 228 g/mol. The summed E-state index contributed by atoms with van der Waals surface area (Å²) >= 11 is 0. The monoisotopic (exact) mass is 244 g/mol. The maximum Gasteiger partial charge on any atom is 0.335 e. The van der Waals surface area contributed by atoms with Crippen LogP contribution in [0.15, 0.2) is 60.4 Å². The maximum absolute atomic E-state index is 10.8. The largest absolute Gasteiger partial charge is 0.504 e. The van der Waals surface area contributed by atoms with E-state index in [-0.39, 0.29) is 5.57 Å². The number of allylic oxidation sites excluding steroid dienone is 3. The van der Waals surface area contributed by atoms with Gasteiger partial charge in [0.15, 0.2) is 0 Å². The van der Waals surface area contributed by atoms with Gasteiger partial charge in [0.05, 0.1) is 18.9 Å². The summed E-state index contributed by atoms with van der Waals surface area (Å²) in [6.45, 7) is 0. The Morgan fingerprint density at radius 3 is 2.61 bits per heavy atom. The molecule has 0 aliphatic carbocycles. The Labute approximate surface area is 107 Å². The van der Waals surface area contributed by atoms with Crippen LogP contribution in [-0.4, -0.2) is 18.2 Å². The van der Waals surface area contributed by atoms with E-state index in [4.69, 9.17) is 9.84 Å². The summed E-state index contributed by atoms with van der Waals surface area (Å²) in [6.07, 6.45) is 9.01. The lowest BCUT2D eigenvalue weighted by Gasteiger charge is -1.96. The molecule has 0 radical (unpaired) electrons. The van der Waals surface area contributed by atoms with Gasteiger partial charge in [-0.25, -0.2) is 4.79 Å². The van der Waals surface area contributed by atoms with Gasteiger partial charge in [0, 0.05) is 6.42 Å². The number of hydrogen-bond acceptors (Lipinski definition) is 2. The number of rotatable bonds is 6. The highest BCUT2D eigenvalue weighted by Gasteiger charge is 2.04. The average Bonchev–Trinajstić information content (AvgIpc) is 2.38. The van der Waals surface area contributed by atoms with Crippen molar-refractivity contribution in [1.29, 1.82) is 0 Å². The Kier molecular flexibility index (Phi) is 6.04. The summed E-state index contributed by atoms with van der Waals surface area (Å²) in [6, 6.07) is 9.89. The van der Waals surface area contributed by atoms with E-state index in [1.54, 1.807) is 6.08 Å². The summed E-state index contributed by atoms with van der Waals surface area (Å²) in [5, 5.41) is 8.84. The van der Waals surface area contributed by atoms with Crippen LogP contribution >= 0.6 is 0 Å². The maximum atomic E-state index is 10.8. The van der Waals surface area contributed by atoms with Crippen LogP contribution in [-0.2, 0) is 9.53 Å². The zero-order valence-electron chi connectivity index (χ0n) is 10.2. The van der Waals surface area contributed by atoms with Gasteiger partial charge in [-0.15, -0.1) is 0 Å². The van der Waals surface area contributed by atoms with Crippen molar-refractivity contribution in [2.45, 2.75) is 6.42 Å². The van der Waals surface area contributed by atoms with Gasteiger partial charge in [-0.1, -0.05) is 54.6 Å². The Hall–Kier alpha value is -2.29. The number of carbonyl (C=O) groups is 1. The second-order valence-corrected chi connectivity index (χ2v) is 3.59. The van der Waals surface area contributed by atoms with Gasteiger partial charge in [-0.3, -0.25) is 0 Å². The van der Waals surface area contributed by atoms with Crippen LogP contribution in [0.2, 0.25) is 0 Å². The van der Waals surface area contributed by atoms with E-state index in [0.717, 1.165) is 5.56 Å². The summed E-state index contributed by atoms with van der Waals surface area (Å²) in [5.74, 6) is -0.964. The fourth-order valence-corrected chi connectivity index (χ4v) is 1.33. The third-order valence-corrected chi connectivity index (χ3v) is 2.21. The van der Waals surface area contributed by atoms with Crippen molar-refractivity contribution in [2.24, 2.45) is 0 Å². The van der Waals surface area contributed by atoms with Crippen LogP contribution in [0.25, 0.3) is 6.08 Å². The molecule has 1 N–H and O–H groups in total. The zero-order valence-corrected chi connectivity index (χ0v) is 10.2. The molecule has 1 rings (SSSR count). The predicted octanol–water partition coefficient (Wildman–Crippen LogP) is 3.26. The number of aliphatic carboxylic acids is 1. The normalized spacial score (nSPS) is 12.2. The minimum absolute atomic E-state index is 0.224. The summed E-state index contributed by atoms with van der Waals surface area (Å²) in [5.41, 5.74) is 1.33. The van der Waals surface area contributed by atoms with Crippen molar-refractivity contribution < 1.29 is 14.6 Å². The van der Waals surface area contributed by atoms with Gasteiger partial charge in [0.25, 0.3) is 0 Å². The molecule has 1 aromatic rings. The molecule has 0 saturated heterocycles. The first-order valence-electron chi connectivity index (χ1n) is 5.57. The zero-order chi connectivity index (χ0) is 13.2. The molecule has 0 aromatic heterocycles. The average molecular weight is 244 g/mol. The van der Waals surface area contributed by atoms with E-state index in [2.05, 4.69) is 0 Å². The van der Waals surface area contributed by atoms with E-state index >= 15 is 0 Å². The molecule has 3 nitrogen and oxygen atoms in total. The molecule has 0 aliphatic heterocycles. The first kappa shape index (κ1) is 13.8. The highest BCUT2D eigenvalue weighted by Crippen LogP contribution is 2.04. The first-order chi connectivity index (χ1) is 8.74. The van der Waals surface area contributed by atoms with E-state index in [0.29, 0.717) is 6.42 Å². The van der Waals surface area contributed by atoms with Gasteiger partial charge >= 0.3 is 5.97 Å². The molecule has 3 heteroatoms. The van der Waals surface area contributed by atoms with Crippen molar-refractivity contribution in [3.05, 3.63) is 66.0 Å². The SMILES string of the molecule is CO/C=C(\CC=CC=Cc1ccccc1)C(=O)O. The fourth-order valence-electron chi connectivity index (χ4n) is 1.33. The van der Waals surface area contributed by atoms with Crippen LogP contribution in [0.4, 0.5) is 0 Å². The standard InChI is InChI=1S/C15H16O3/c1-18-12-14(15(16)17)11-7-3-6-10-13-8-4-2-5-9-13/h2-10,12H,11H2,1H3,(H,16,17)/b7-3?,10-6?,14-12+. The number of carboxylic acid groups (broad SMARTS) is 1. The summed E-state index contributed by atoms with van der Waals surface area (Å²) in [7, 11) is 1.43. The van der Waals surface area contributed by atoms with Crippen molar-refractivity contribution in [3.8, 4) is 0 Å². The Balaban J connectivity index is 2.49. The Morgan fingerprint density at radius 1 is 1.28 bits per heavy atom. The van der Waals surface area contributed by atoms with E-state index in [9.17, 15) is 4.79 Å². The molecule has 0 bridgehead atoms. The molecule has 0 unspecified atom stereocenters. The van der Waals surface area contributed by atoms with Crippen molar-refractivity contribution in [3.63, 3.8) is 0 Å². The third kappa shape index (κ3) is 5.16. The molecule has 18 heavy (non-hydrogen) atoms. The minimum Gasteiger partial charge on any atom is -0.504 e. The van der Waals surface area contributed by atoms with Gasteiger partial charge in [0.1, 0.15) is 0 Å². The van der Waals surface area contributed by atoms with Crippen LogP contribution in [0.5, 0.6) is 0 Å². The molecule has 94 valence electrons. The number of methoxy groups -OCH3 is 1. The predicted molar refractivity (Wildman–Crippen MR) is 72.0 cm³/mol. The van der Waals surface area contributed by atoms with Crippen molar-refractivity contribution in [2.75, 3.05) is 7.11 Å². The molecule has 0 aliphatic rings. The third-order valence-electron chi connectivity index (χ3n) is 2.21. The summed E-state index contributed by atoms with van der Waals surface area (Å²) in [4.78, 5) is 10.8. The smallest absolute Gasteiger partial charge is 0.335 e. The Bertz CT molecular complexity index is 456.